The summed E-state index contributed by atoms with van der Waals surface area (Å²) in [4.78, 5) is 2.41. The van der Waals surface area contributed by atoms with Crippen LogP contribution in [0.15, 0.2) is 18.2 Å². The van der Waals surface area contributed by atoms with Gasteiger partial charge in [0.05, 0.1) is 0 Å². The first-order valence-corrected chi connectivity index (χ1v) is 10.8. The first kappa shape index (κ1) is 21.7. The number of phenolic OH excluding ortho intramolecular Hbond substituents is 2. The standard InChI is InChI=1S/C23H25B3ClNO2/c1-23(2)10-11(6-7-28(23)3)14-9-16(13-5-4-12(27)8-15(13)14)17-18(24)22(30)20(26)19(25)21(17)29/h4-5,8,11,14,16,29-30H,6-7,9-10H2,1-3H3/t11?,14-,16+/m0/s1. The van der Waals surface area contributed by atoms with Crippen LogP contribution in [0.5, 0.6) is 11.5 Å². The van der Waals surface area contributed by atoms with Crippen molar-refractivity contribution in [3.63, 3.8) is 0 Å². The van der Waals surface area contributed by atoms with Gasteiger partial charge in [-0.3, -0.25) is 0 Å². The average molecular weight is 415 g/mol. The number of likely N-dealkylation sites (tertiary alicyclic amines) is 1. The molecule has 2 aromatic carbocycles. The number of fused-ring (bicyclic) bond motifs is 1. The molecular weight excluding hydrogens is 390 g/mol. The third-order valence-corrected chi connectivity index (χ3v) is 7.70. The van der Waals surface area contributed by atoms with E-state index in [9.17, 15) is 10.2 Å². The van der Waals surface area contributed by atoms with E-state index < -0.39 is 0 Å². The lowest BCUT2D eigenvalue weighted by Crippen LogP contribution is -2.48. The second kappa shape index (κ2) is 7.56. The number of nitrogens with zero attached hydrogens (tertiary/aromatic N) is 1. The number of phenols is 2. The zero-order chi connectivity index (χ0) is 22.0. The molecule has 4 rings (SSSR count). The Morgan fingerprint density at radius 3 is 2.37 bits per heavy atom. The van der Waals surface area contributed by atoms with E-state index in [1.165, 1.54) is 5.56 Å². The molecule has 1 saturated heterocycles. The van der Waals surface area contributed by atoms with Crippen molar-refractivity contribution in [2.24, 2.45) is 5.92 Å². The van der Waals surface area contributed by atoms with Crippen molar-refractivity contribution in [3.05, 3.63) is 39.9 Å². The number of rotatable bonds is 2. The minimum atomic E-state index is -0.264. The molecule has 1 unspecified atom stereocenters. The first-order chi connectivity index (χ1) is 14.0. The Balaban J connectivity index is 1.81. The maximum atomic E-state index is 10.8. The van der Waals surface area contributed by atoms with Crippen LogP contribution in [0.2, 0.25) is 5.02 Å². The fourth-order valence-electron chi connectivity index (χ4n) is 5.47. The number of hydrogen-bond donors (Lipinski definition) is 2. The van der Waals surface area contributed by atoms with E-state index in [1.54, 1.807) is 0 Å². The molecule has 2 aromatic rings. The Morgan fingerprint density at radius 1 is 1.03 bits per heavy atom. The smallest absolute Gasteiger partial charge is 0.119 e. The quantitative estimate of drug-likeness (QED) is 0.582. The molecule has 1 fully saturated rings. The number of aromatic hydroxyl groups is 2. The van der Waals surface area contributed by atoms with Gasteiger partial charge >= 0.3 is 0 Å². The van der Waals surface area contributed by atoms with Gasteiger partial charge in [-0.2, -0.15) is 0 Å². The average Bonchev–Trinajstić information content (AvgIpc) is 3.05. The van der Waals surface area contributed by atoms with Gasteiger partial charge in [0.15, 0.2) is 0 Å². The summed E-state index contributed by atoms with van der Waals surface area (Å²) in [6.45, 7) is 5.61. The molecule has 1 aliphatic carbocycles. The highest BCUT2D eigenvalue weighted by atomic mass is 35.5. The van der Waals surface area contributed by atoms with E-state index in [1.807, 2.05) is 18.2 Å². The molecule has 0 amide bonds. The Labute approximate surface area is 188 Å². The topological polar surface area (TPSA) is 43.7 Å². The molecule has 3 nitrogen and oxygen atoms in total. The summed E-state index contributed by atoms with van der Waals surface area (Å²) in [5.41, 5.74) is 2.82. The molecule has 0 saturated carbocycles. The Bertz CT molecular complexity index is 981. The highest BCUT2D eigenvalue weighted by Crippen LogP contribution is 2.53. The molecule has 0 bridgehead atoms. The molecular formula is C23H25B3ClNO2. The SMILES string of the molecule is [B]c1c([B])c(O)c([C@@H]2C[C@@H](C3CCN(C)C(C)(C)C3)c3cc(Cl)ccc32)c([B])c1O. The highest BCUT2D eigenvalue weighted by Gasteiger charge is 2.42. The molecule has 150 valence electrons. The molecule has 2 aliphatic rings. The van der Waals surface area contributed by atoms with E-state index in [4.69, 9.17) is 35.1 Å². The van der Waals surface area contributed by atoms with Crippen molar-refractivity contribution < 1.29 is 10.2 Å². The third-order valence-electron chi connectivity index (χ3n) is 7.46. The summed E-state index contributed by atoms with van der Waals surface area (Å²) in [5, 5.41) is 21.9. The molecule has 1 heterocycles. The lowest BCUT2D eigenvalue weighted by molar-refractivity contribution is 0.0620. The summed E-state index contributed by atoms with van der Waals surface area (Å²) in [6.07, 6.45) is 2.95. The largest absolute Gasteiger partial charge is 0.509 e. The van der Waals surface area contributed by atoms with Crippen molar-refractivity contribution >= 4 is 51.5 Å². The van der Waals surface area contributed by atoms with Crippen LogP contribution in [0.1, 0.15) is 61.6 Å². The van der Waals surface area contributed by atoms with Crippen molar-refractivity contribution in [3.8, 4) is 11.5 Å². The Hall–Kier alpha value is -1.52. The van der Waals surface area contributed by atoms with Gasteiger partial charge in [-0.1, -0.05) is 28.6 Å². The second-order valence-corrected chi connectivity index (χ2v) is 9.94. The summed E-state index contributed by atoms with van der Waals surface area (Å²) < 4.78 is 0. The molecule has 3 atom stereocenters. The van der Waals surface area contributed by atoms with Crippen molar-refractivity contribution in [2.45, 2.75) is 50.5 Å². The lowest BCUT2D eigenvalue weighted by Gasteiger charge is -2.45. The minimum Gasteiger partial charge on any atom is -0.509 e. The zero-order valence-electron chi connectivity index (χ0n) is 17.7. The van der Waals surface area contributed by atoms with Crippen LogP contribution in [0.3, 0.4) is 0 Å². The van der Waals surface area contributed by atoms with Gasteiger partial charge in [0.2, 0.25) is 0 Å². The van der Waals surface area contributed by atoms with E-state index in [-0.39, 0.29) is 45.3 Å². The van der Waals surface area contributed by atoms with Gasteiger partial charge in [0.1, 0.15) is 35.0 Å². The molecule has 7 heteroatoms. The predicted octanol–water partition coefficient (Wildman–Crippen LogP) is 1.87. The molecule has 0 spiro atoms. The van der Waals surface area contributed by atoms with Crippen LogP contribution in [0.25, 0.3) is 0 Å². The van der Waals surface area contributed by atoms with E-state index in [2.05, 4.69) is 25.8 Å². The normalized spacial score (nSPS) is 25.9. The fraction of sp³-hybridized carbons (Fsp3) is 0.478. The van der Waals surface area contributed by atoms with Crippen LogP contribution in [0.4, 0.5) is 0 Å². The zero-order valence-corrected chi connectivity index (χ0v) is 18.5. The van der Waals surface area contributed by atoms with E-state index in [0.717, 1.165) is 31.4 Å². The summed E-state index contributed by atoms with van der Waals surface area (Å²) >= 11 is 6.38. The van der Waals surface area contributed by atoms with Gasteiger partial charge in [-0.05, 0) is 92.8 Å². The maximum Gasteiger partial charge on any atom is 0.119 e. The summed E-state index contributed by atoms with van der Waals surface area (Å²) in [5.74, 6) is 0.189. The number of halogens is 1. The van der Waals surface area contributed by atoms with Crippen molar-refractivity contribution in [1.82, 2.24) is 4.90 Å². The van der Waals surface area contributed by atoms with Gasteiger partial charge in [-0.15, -0.1) is 0 Å². The maximum absolute atomic E-state index is 10.8. The first-order valence-electron chi connectivity index (χ1n) is 10.4. The van der Waals surface area contributed by atoms with E-state index in [0.29, 0.717) is 16.5 Å². The lowest BCUT2D eigenvalue weighted by atomic mass is 9.69. The highest BCUT2D eigenvalue weighted by molar-refractivity contribution is 6.53. The Kier molecular flexibility index (Phi) is 5.47. The fourth-order valence-corrected chi connectivity index (χ4v) is 5.65. The van der Waals surface area contributed by atoms with Gasteiger partial charge in [-0.25, -0.2) is 0 Å². The summed E-state index contributed by atoms with van der Waals surface area (Å²) in [7, 11) is 20.2. The minimum absolute atomic E-state index is 0.0314. The molecule has 2 N–H and O–H groups in total. The second-order valence-electron chi connectivity index (χ2n) is 9.51. The molecule has 1 aliphatic heterocycles. The van der Waals surface area contributed by atoms with Crippen LogP contribution in [-0.2, 0) is 0 Å². The predicted molar refractivity (Wildman–Crippen MR) is 126 cm³/mol. The molecule has 0 aromatic heterocycles. The van der Waals surface area contributed by atoms with Crippen LogP contribution >= 0.6 is 11.6 Å². The summed E-state index contributed by atoms with van der Waals surface area (Å²) in [6, 6.07) is 5.91. The van der Waals surface area contributed by atoms with Crippen LogP contribution in [-0.4, -0.2) is 57.8 Å². The van der Waals surface area contributed by atoms with E-state index >= 15 is 0 Å². The number of hydrogen-bond acceptors (Lipinski definition) is 3. The van der Waals surface area contributed by atoms with Crippen molar-refractivity contribution in [2.75, 3.05) is 13.6 Å². The van der Waals surface area contributed by atoms with Gasteiger partial charge in [0.25, 0.3) is 0 Å². The number of benzene rings is 2. The third kappa shape index (κ3) is 3.37. The number of piperidine rings is 1. The van der Waals surface area contributed by atoms with Crippen LogP contribution in [0, 0.1) is 5.92 Å². The van der Waals surface area contributed by atoms with Gasteiger partial charge < -0.3 is 15.1 Å². The van der Waals surface area contributed by atoms with Crippen LogP contribution < -0.4 is 16.4 Å². The van der Waals surface area contributed by atoms with Crippen molar-refractivity contribution in [1.29, 1.82) is 0 Å². The monoisotopic (exact) mass is 415 g/mol. The Morgan fingerprint density at radius 2 is 1.70 bits per heavy atom. The van der Waals surface area contributed by atoms with Gasteiger partial charge in [0, 0.05) is 16.5 Å². The molecule has 6 radical (unpaired) electrons. The molecule has 30 heavy (non-hydrogen) atoms.